The van der Waals surface area contributed by atoms with Crippen LogP contribution in [-0.2, 0) is 17.9 Å². The molecule has 0 radical (unpaired) electrons. The molecule has 0 heterocycles. The van der Waals surface area contributed by atoms with Crippen LogP contribution in [0.25, 0.3) is 0 Å². The second kappa shape index (κ2) is 9.55. The van der Waals surface area contributed by atoms with Crippen molar-refractivity contribution in [3.63, 3.8) is 0 Å². The minimum Gasteiger partial charge on any atom is -0.489 e. The van der Waals surface area contributed by atoms with Crippen molar-refractivity contribution in [3.05, 3.63) is 96.1 Å². The molecule has 4 nitrogen and oxygen atoms in total. The third-order valence-electron chi connectivity index (χ3n) is 4.07. The van der Waals surface area contributed by atoms with Crippen LogP contribution < -0.4 is 10.1 Å². The zero-order valence-electron chi connectivity index (χ0n) is 15.5. The van der Waals surface area contributed by atoms with Gasteiger partial charge >= 0.3 is 0 Å². The van der Waals surface area contributed by atoms with E-state index in [0.717, 1.165) is 23.5 Å². The number of nitrogens with zero attached hydrogens (tertiary/aromatic N) is 1. The number of hydrogen-bond acceptors (Lipinski definition) is 3. The summed E-state index contributed by atoms with van der Waals surface area (Å²) < 4.78 is 5.81. The average molecular weight is 360 g/mol. The molecular formula is C23H24N2O2. The summed E-state index contributed by atoms with van der Waals surface area (Å²) in [7, 11) is 1.94. The first-order chi connectivity index (χ1) is 13.2. The van der Waals surface area contributed by atoms with Crippen molar-refractivity contribution in [3.8, 4) is 5.75 Å². The Morgan fingerprint density at radius 2 is 1.56 bits per heavy atom. The molecule has 0 aliphatic heterocycles. The zero-order chi connectivity index (χ0) is 18.9. The summed E-state index contributed by atoms with van der Waals surface area (Å²) in [4.78, 5) is 14.3. The molecule has 1 amide bonds. The van der Waals surface area contributed by atoms with Crippen molar-refractivity contribution in [2.45, 2.75) is 13.2 Å². The quantitative estimate of drug-likeness (QED) is 0.650. The predicted molar refractivity (Wildman–Crippen MR) is 109 cm³/mol. The lowest BCUT2D eigenvalue weighted by Crippen LogP contribution is -2.29. The Bertz CT molecular complexity index is 851. The number of hydrogen-bond donors (Lipinski definition) is 1. The molecular weight excluding hydrogens is 336 g/mol. The van der Waals surface area contributed by atoms with E-state index in [1.54, 1.807) is 0 Å². The molecule has 1 N–H and O–H groups in total. The summed E-state index contributed by atoms with van der Waals surface area (Å²) >= 11 is 0. The minimum atomic E-state index is -0.0476. The number of amides is 1. The summed E-state index contributed by atoms with van der Waals surface area (Å²) in [6.45, 7) is 1.55. The number of ether oxygens (including phenoxy) is 1. The number of likely N-dealkylation sites (N-methyl/N-ethyl adjacent to an activating group) is 1. The first-order valence-electron chi connectivity index (χ1n) is 8.98. The molecule has 3 rings (SSSR count). The number of anilines is 1. The molecule has 0 spiro atoms. The van der Waals surface area contributed by atoms with E-state index < -0.39 is 0 Å². The first-order valence-corrected chi connectivity index (χ1v) is 8.98. The van der Waals surface area contributed by atoms with E-state index in [9.17, 15) is 4.79 Å². The van der Waals surface area contributed by atoms with Crippen LogP contribution in [-0.4, -0.2) is 24.4 Å². The Balaban J connectivity index is 1.50. The molecule has 0 aromatic heterocycles. The Morgan fingerprint density at radius 3 is 2.26 bits per heavy atom. The number of rotatable bonds is 8. The molecule has 0 unspecified atom stereocenters. The Kier molecular flexibility index (Phi) is 6.61. The fourth-order valence-electron chi connectivity index (χ4n) is 2.80. The largest absolute Gasteiger partial charge is 0.489 e. The van der Waals surface area contributed by atoms with Crippen molar-refractivity contribution in [1.82, 2.24) is 4.90 Å². The zero-order valence-corrected chi connectivity index (χ0v) is 15.5. The van der Waals surface area contributed by atoms with E-state index in [1.807, 2.05) is 84.7 Å². The van der Waals surface area contributed by atoms with E-state index in [4.69, 9.17) is 4.74 Å². The molecule has 0 aliphatic carbocycles. The van der Waals surface area contributed by atoms with Crippen LogP contribution in [0.4, 0.5) is 5.69 Å². The number of nitrogens with one attached hydrogen (secondary N) is 1. The number of benzene rings is 3. The van der Waals surface area contributed by atoms with Crippen LogP contribution in [0.1, 0.15) is 11.1 Å². The maximum Gasteiger partial charge on any atom is 0.238 e. The SMILES string of the molecule is CN(CC(=O)Nc1cccc(OCc2ccccc2)c1)Cc1ccccc1. The molecule has 0 saturated heterocycles. The summed E-state index contributed by atoms with van der Waals surface area (Å²) in [6, 6.07) is 27.6. The van der Waals surface area contributed by atoms with E-state index in [1.165, 1.54) is 5.56 Å². The fourth-order valence-corrected chi connectivity index (χ4v) is 2.80. The molecule has 0 atom stereocenters. The van der Waals surface area contributed by atoms with Gasteiger partial charge in [-0.1, -0.05) is 66.7 Å². The summed E-state index contributed by atoms with van der Waals surface area (Å²) in [5.41, 5.74) is 3.03. The van der Waals surface area contributed by atoms with E-state index in [0.29, 0.717) is 13.2 Å². The van der Waals surface area contributed by atoms with Crippen molar-refractivity contribution < 1.29 is 9.53 Å². The lowest BCUT2D eigenvalue weighted by molar-refractivity contribution is -0.117. The van der Waals surface area contributed by atoms with Gasteiger partial charge in [0.2, 0.25) is 5.91 Å². The van der Waals surface area contributed by atoms with Gasteiger partial charge in [0.15, 0.2) is 0 Å². The fraction of sp³-hybridized carbons (Fsp3) is 0.174. The van der Waals surface area contributed by atoms with Crippen molar-refractivity contribution >= 4 is 11.6 Å². The van der Waals surface area contributed by atoms with Gasteiger partial charge in [0.1, 0.15) is 12.4 Å². The first kappa shape index (κ1) is 18.7. The van der Waals surface area contributed by atoms with Gasteiger partial charge < -0.3 is 10.1 Å². The summed E-state index contributed by atoms with van der Waals surface area (Å²) in [5.74, 6) is 0.683. The van der Waals surface area contributed by atoms with Crippen molar-refractivity contribution in [1.29, 1.82) is 0 Å². The standard InChI is InChI=1S/C23H24N2O2/c1-25(16-19-9-4-2-5-10-19)17-23(26)24-21-13-8-14-22(15-21)27-18-20-11-6-3-7-12-20/h2-15H,16-18H2,1H3,(H,24,26). The monoisotopic (exact) mass is 360 g/mol. The highest BCUT2D eigenvalue weighted by Crippen LogP contribution is 2.18. The molecule has 3 aromatic carbocycles. The second-order valence-electron chi connectivity index (χ2n) is 6.51. The highest BCUT2D eigenvalue weighted by molar-refractivity contribution is 5.92. The smallest absolute Gasteiger partial charge is 0.238 e. The van der Waals surface area contributed by atoms with E-state index >= 15 is 0 Å². The van der Waals surface area contributed by atoms with Crippen molar-refractivity contribution in [2.24, 2.45) is 0 Å². The van der Waals surface area contributed by atoms with Gasteiger partial charge in [0, 0.05) is 18.3 Å². The lowest BCUT2D eigenvalue weighted by Gasteiger charge is -2.16. The van der Waals surface area contributed by atoms with Crippen LogP contribution in [0.2, 0.25) is 0 Å². The predicted octanol–water partition coefficient (Wildman–Crippen LogP) is 4.34. The third-order valence-corrected chi connectivity index (χ3v) is 4.07. The van der Waals surface area contributed by atoms with Gasteiger partial charge in [-0.05, 0) is 30.3 Å². The Morgan fingerprint density at radius 1 is 0.889 bits per heavy atom. The Hall–Kier alpha value is -3.11. The normalized spacial score (nSPS) is 10.6. The van der Waals surface area contributed by atoms with Crippen molar-refractivity contribution in [2.75, 3.05) is 18.9 Å². The summed E-state index contributed by atoms with van der Waals surface area (Å²) in [5, 5.41) is 2.94. The number of carbonyl (C=O) groups is 1. The summed E-state index contributed by atoms with van der Waals surface area (Å²) in [6.07, 6.45) is 0. The van der Waals surface area contributed by atoms with Gasteiger partial charge in [-0.2, -0.15) is 0 Å². The maximum absolute atomic E-state index is 12.3. The highest BCUT2D eigenvalue weighted by Gasteiger charge is 2.08. The van der Waals surface area contributed by atoms with Gasteiger partial charge in [-0.25, -0.2) is 0 Å². The van der Waals surface area contributed by atoms with Crippen LogP contribution in [0.15, 0.2) is 84.9 Å². The average Bonchev–Trinajstić information content (AvgIpc) is 2.68. The van der Waals surface area contributed by atoms with Crippen LogP contribution in [0.5, 0.6) is 5.75 Å². The number of carbonyl (C=O) groups excluding carboxylic acids is 1. The molecule has 27 heavy (non-hydrogen) atoms. The van der Waals surface area contributed by atoms with E-state index in [-0.39, 0.29) is 5.91 Å². The van der Waals surface area contributed by atoms with E-state index in [2.05, 4.69) is 17.4 Å². The third kappa shape index (κ3) is 6.28. The van der Waals surface area contributed by atoms with Crippen LogP contribution in [0, 0.1) is 0 Å². The molecule has 138 valence electrons. The molecule has 4 heteroatoms. The lowest BCUT2D eigenvalue weighted by atomic mass is 10.2. The second-order valence-corrected chi connectivity index (χ2v) is 6.51. The highest BCUT2D eigenvalue weighted by atomic mass is 16.5. The van der Waals surface area contributed by atoms with Gasteiger partial charge in [0.05, 0.1) is 6.54 Å². The van der Waals surface area contributed by atoms with Crippen LogP contribution in [0.3, 0.4) is 0 Å². The van der Waals surface area contributed by atoms with Gasteiger partial charge in [-0.15, -0.1) is 0 Å². The minimum absolute atomic E-state index is 0.0476. The Labute approximate surface area is 160 Å². The molecule has 3 aromatic rings. The van der Waals surface area contributed by atoms with Gasteiger partial charge in [0.25, 0.3) is 0 Å². The molecule has 0 aliphatic rings. The maximum atomic E-state index is 12.3. The topological polar surface area (TPSA) is 41.6 Å². The molecule has 0 fully saturated rings. The van der Waals surface area contributed by atoms with Gasteiger partial charge in [-0.3, -0.25) is 9.69 Å². The molecule has 0 bridgehead atoms. The van der Waals surface area contributed by atoms with Crippen LogP contribution >= 0.6 is 0 Å². The molecule has 0 saturated carbocycles.